The molecule has 0 unspecified atom stereocenters. The highest BCUT2D eigenvalue weighted by atomic mass is 16.6. The molecule has 1 saturated carbocycles. The summed E-state index contributed by atoms with van der Waals surface area (Å²) in [6.45, 7) is 0. The Bertz CT molecular complexity index is 1200. The number of aromatic hydroxyl groups is 1. The van der Waals surface area contributed by atoms with Gasteiger partial charge in [0.1, 0.15) is 16.9 Å². The van der Waals surface area contributed by atoms with Crippen molar-refractivity contribution in [1.29, 1.82) is 0 Å². The van der Waals surface area contributed by atoms with Crippen LogP contribution in [0, 0.1) is 11.1 Å². The van der Waals surface area contributed by atoms with E-state index >= 15 is 0 Å². The van der Waals surface area contributed by atoms with E-state index in [2.05, 4.69) is 15.3 Å². The van der Waals surface area contributed by atoms with Crippen molar-refractivity contribution < 1.29 is 24.2 Å². The van der Waals surface area contributed by atoms with Crippen molar-refractivity contribution in [2.24, 2.45) is 5.92 Å². The quantitative estimate of drug-likeness (QED) is 0.370. The van der Waals surface area contributed by atoms with E-state index in [0.29, 0.717) is 36.0 Å². The number of hydrogen-bond donors (Lipinski definition) is 2. The molecule has 162 valence electrons. The zero-order chi connectivity index (χ0) is 22.3. The molecule has 1 amide bonds. The van der Waals surface area contributed by atoms with Gasteiger partial charge in [-0.2, -0.15) is 4.73 Å². The minimum absolute atomic E-state index is 0.151. The molecule has 1 aliphatic carbocycles. The van der Waals surface area contributed by atoms with Crippen LogP contribution in [0.1, 0.15) is 41.6 Å². The van der Waals surface area contributed by atoms with Crippen LogP contribution in [0.4, 0.5) is 5.95 Å². The molecule has 2 aliphatic rings. The van der Waals surface area contributed by atoms with E-state index in [1.54, 1.807) is 36.7 Å². The largest absolute Gasteiger partial charge is 0.619 e. The first-order valence-electron chi connectivity index (χ1n) is 10.3. The van der Waals surface area contributed by atoms with Crippen molar-refractivity contribution in [3.63, 3.8) is 0 Å². The number of rotatable bonds is 3. The van der Waals surface area contributed by atoms with E-state index in [0.717, 1.165) is 16.7 Å². The Morgan fingerprint density at radius 3 is 2.66 bits per heavy atom. The summed E-state index contributed by atoms with van der Waals surface area (Å²) in [7, 11) is 0. The first kappa shape index (κ1) is 19.9. The normalized spacial score (nSPS) is 21.8. The van der Waals surface area contributed by atoms with Crippen LogP contribution >= 0.6 is 0 Å². The van der Waals surface area contributed by atoms with Crippen molar-refractivity contribution in [3.05, 3.63) is 71.5 Å². The molecule has 0 radical (unpaired) electrons. The van der Waals surface area contributed by atoms with Gasteiger partial charge in [0.15, 0.2) is 12.4 Å². The lowest BCUT2D eigenvalue weighted by Gasteiger charge is -2.35. The van der Waals surface area contributed by atoms with Crippen LogP contribution in [0.3, 0.4) is 0 Å². The molecule has 3 heterocycles. The molecule has 2 aromatic heterocycles. The molecular weight excluding hydrogens is 412 g/mol. The molecule has 1 spiro atoms. The molecule has 1 fully saturated rings. The number of amides is 1. The summed E-state index contributed by atoms with van der Waals surface area (Å²) in [6.07, 6.45) is 7.85. The Hall–Kier alpha value is -4.01. The summed E-state index contributed by atoms with van der Waals surface area (Å²) in [5.41, 5.74) is 1.75. The highest BCUT2D eigenvalue weighted by Gasteiger charge is 2.49. The number of nitrogens with zero attached hydrogens (tertiary/aromatic N) is 3. The van der Waals surface area contributed by atoms with Gasteiger partial charge in [-0.15, -0.1) is 0 Å². The molecule has 9 heteroatoms. The van der Waals surface area contributed by atoms with E-state index in [9.17, 15) is 19.9 Å². The van der Waals surface area contributed by atoms with Crippen molar-refractivity contribution in [2.45, 2.75) is 31.3 Å². The summed E-state index contributed by atoms with van der Waals surface area (Å²) < 4.78 is 6.25. The number of phenolic OH excluding ortho intramolecular Hbond substituents is 1. The average Bonchev–Trinajstić information content (AvgIpc) is 3.05. The number of esters is 1. The van der Waals surface area contributed by atoms with Gasteiger partial charge in [-0.3, -0.25) is 10.1 Å². The number of fused-ring (bicyclic) bond motifs is 2. The third kappa shape index (κ3) is 3.51. The highest BCUT2D eigenvalue weighted by Crippen LogP contribution is 2.47. The molecule has 0 saturated heterocycles. The maximum atomic E-state index is 12.7. The lowest BCUT2D eigenvalue weighted by Crippen LogP contribution is -2.36. The zero-order valence-electron chi connectivity index (χ0n) is 17.0. The summed E-state index contributed by atoms with van der Waals surface area (Å²) in [5, 5.41) is 23.9. The minimum Gasteiger partial charge on any atom is -0.619 e. The van der Waals surface area contributed by atoms with E-state index in [1.807, 2.05) is 6.07 Å². The van der Waals surface area contributed by atoms with Crippen molar-refractivity contribution in [2.75, 3.05) is 5.32 Å². The van der Waals surface area contributed by atoms with Gasteiger partial charge >= 0.3 is 5.97 Å². The lowest BCUT2D eigenvalue weighted by atomic mass is 9.75. The van der Waals surface area contributed by atoms with Gasteiger partial charge in [0.05, 0.1) is 0 Å². The molecule has 2 N–H and O–H groups in total. The number of carbonyl (C=O) groups is 2. The number of benzene rings is 1. The maximum Gasteiger partial charge on any atom is 0.345 e. The molecule has 5 rings (SSSR count). The number of pyridine rings is 1. The van der Waals surface area contributed by atoms with Gasteiger partial charge in [0, 0.05) is 35.5 Å². The van der Waals surface area contributed by atoms with Gasteiger partial charge in [-0.25, -0.2) is 14.8 Å². The standard InChI is InChI=1S/C23H20N4O5/c28-17-3-1-2-15(10-17)16-11-24-22(25-12-16)26-20(29)14-4-7-23(8-5-14)19-6-9-27(31)13-18(19)21(30)32-23/h1-3,6,9-14,28H,4-5,7-8H2,(H,24,25,26,29)/t14-,23-. The second-order valence-corrected chi connectivity index (χ2v) is 8.13. The second-order valence-electron chi connectivity index (χ2n) is 8.13. The monoisotopic (exact) mass is 432 g/mol. The molecule has 3 aromatic rings. The number of hydrogen-bond acceptors (Lipinski definition) is 7. The predicted octanol–water partition coefficient (Wildman–Crippen LogP) is 2.68. The zero-order valence-corrected chi connectivity index (χ0v) is 17.0. The molecule has 1 aliphatic heterocycles. The molecule has 0 atom stereocenters. The summed E-state index contributed by atoms with van der Waals surface area (Å²) in [4.78, 5) is 33.4. The Kier molecular flexibility index (Phi) is 4.73. The van der Waals surface area contributed by atoms with Crippen LogP contribution in [0.15, 0.2) is 55.1 Å². The topological polar surface area (TPSA) is 128 Å². The average molecular weight is 432 g/mol. The fourth-order valence-electron chi connectivity index (χ4n) is 4.48. The van der Waals surface area contributed by atoms with E-state index in [-0.39, 0.29) is 23.5 Å². The van der Waals surface area contributed by atoms with E-state index in [4.69, 9.17) is 4.74 Å². The van der Waals surface area contributed by atoms with E-state index in [1.165, 1.54) is 12.4 Å². The van der Waals surface area contributed by atoms with Crippen LogP contribution < -0.4 is 10.0 Å². The Balaban J connectivity index is 1.24. The molecule has 0 bridgehead atoms. The van der Waals surface area contributed by atoms with Gasteiger partial charge in [-0.05, 0) is 43.4 Å². The number of anilines is 1. The van der Waals surface area contributed by atoms with Gasteiger partial charge < -0.3 is 15.1 Å². The van der Waals surface area contributed by atoms with E-state index < -0.39 is 11.6 Å². The third-order valence-corrected chi connectivity index (χ3v) is 6.16. The van der Waals surface area contributed by atoms with Crippen molar-refractivity contribution in [1.82, 2.24) is 9.97 Å². The van der Waals surface area contributed by atoms with Crippen LogP contribution in [-0.4, -0.2) is 27.0 Å². The van der Waals surface area contributed by atoms with Crippen LogP contribution in [0.5, 0.6) is 5.75 Å². The molecule has 32 heavy (non-hydrogen) atoms. The number of phenols is 1. The van der Waals surface area contributed by atoms with Gasteiger partial charge in [0.25, 0.3) is 0 Å². The lowest BCUT2D eigenvalue weighted by molar-refractivity contribution is -0.605. The van der Waals surface area contributed by atoms with Gasteiger partial charge in [0.2, 0.25) is 11.9 Å². The van der Waals surface area contributed by atoms with Crippen molar-refractivity contribution in [3.8, 4) is 16.9 Å². The minimum atomic E-state index is -0.767. The molecular formula is C23H20N4O5. The summed E-state index contributed by atoms with van der Waals surface area (Å²) in [6, 6.07) is 8.39. The van der Waals surface area contributed by atoms with Crippen LogP contribution in [0.2, 0.25) is 0 Å². The number of ether oxygens (including phenoxy) is 1. The Morgan fingerprint density at radius 2 is 1.94 bits per heavy atom. The maximum absolute atomic E-state index is 12.7. The number of carbonyl (C=O) groups excluding carboxylic acids is 2. The predicted molar refractivity (Wildman–Crippen MR) is 112 cm³/mol. The van der Waals surface area contributed by atoms with Crippen LogP contribution in [-0.2, 0) is 15.1 Å². The Morgan fingerprint density at radius 1 is 1.19 bits per heavy atom. The van der Waals surface area contributed by atoms with Gasteiger partial charge in [-0.1, -0.05) is 12.1 Å². The fraction of sp³-hybridized carbons (Fsp3) is 0.261. The highest BCUT2D eigenvalue weighted by molar-refractivity contribution is 5.94. The first-order valence-corrected chi connectivity index (χ1v) is 10.3. The smallest absolute Gasteiger partial charge is 0.345 e. The summed E-state index contributed by atoms with van der Waals surface area (Å²) in [5.74, 6) is -0.575. The fourth-order valence-corrected chi connectivity index (χ4v) is 4.48. The SMILES string of the molecule is O=C1O[C@]2(CC[C@H](C(=O)Nc3ncc(-c4cccc(O)c4)cn3)CC2)c2cc[n+]([O-])cc21. The Labute approximate surface area is 183 Å². The summed E-state index contributed by atoms with van der Waals surface area (Å²) >= 11 is 0. The number of nitrogens with one attached hydrogen (secondary N) is 1. The molecule has 9 nitrogen and oxygen atoms in total. The third-order valence-electron chi connectivity index (χ3n) is 6.16. The van der Waals surface area contributed by atoms with Crippen molar-refractivity contribution >= 4 is 17.8 Å². The number of aromatic nitrogens is 3. The van der Waals surface area contributed by atoms with Crippen LogP contribution in [0.25, 0.3) is 11.1 Å². The second kappa shape index (κ2) is 7.60. The molecule has 1 aromatic carbocycles. The first-order chi connectivity index (χ1) is 15.4.